The first-order valence-electron chi connectivity index (χ1n) is 6.24. The van der Waals surface area contributed by atoms with Gasteiger partial charge in [0.05, 0.1) is 0 Å². The molecule has 1 heterocycles. The maximum atomic E-state index is 6.17. The fraction of sp³-hybridized carbons (Fsp3) is 0.267. The summed E-state index contributed by atoms with van der Waals surface area (Å²) in [6, 6.07) is 11.8. The van der Waals surface area contributed by atoms with Crippen molar-refractivity contribution in [1.29, 1.82) is 0 Å². The van der Waals surface area contributed by atoms with Crippen LogP contribution in [0.15, 0.2) is 42.6 Å². The Hall–Kier alpha value is -1.58. The van der Waals surface area contributed by atoms with E-state index in [2.05, 4.69) is 9.88 Å². The molecule has 0 spiro atoms. The first-order chi connectivity index (χ1) is 9.08. The molecule has 0 aliphatic carbocycles. The highest BCUT2D eigenvalue weighted by molar-refractivity contribution is 6.31. The average Bonchev–Trinajstić information content (AvgIpc) is 2.41. The highest BCUT2D eigenvalue weighted by Gasteiger charge is 2.08. The van der Waals surface area contributed by atoms with Crippen LogP contribution in [-0.2, 0) is 6.54 Å². The fourth-order valence-corrected chi connectivity index (χ4v) is 2.08. The molecule has 2 aromatic rings. The Morgan fingerprint density at radius 2 is 2.05 bits per heavy atom. The number of benzene rings is 1. The Morgan fingerprint density at radius 3 is 2.74 bits per heavy atom. The van der Waals surface area contributed by atoms with Gasteiger partial charge in [-0.3, -0.25) is 0 Å². The molecule has 100 valence electrons. The topological polar surface area (TPSA) is 42.1 Å². The van der Waals surface area contributed by atoms with E-state index in [1.807, 2.05) is 50.4 Å². The predicted octanol–water partition coefficient (Wildman–Crippen LogP) is 3.39. The van der Waals surface area contributed by atoms with Crippen LogP contribution in [-0.4, -0.2) is 12.0 Å². The predicted molar refractivity (Wildman–Crippen MR) is 80.4 cm³/mol. The number of nitrogens with zero attached hydrogens (tertiary/aromatic N) is 2. The molecule has 3 nitrogen and oxygen atoms in total. The zero-order valence-corrected chi connectivity index (χ0v) is 11.9. The van der Waals surface area contributed by atoms with Gasteiger partial charge in [-0.05, 0) is 36.2 Å². The van der Waals surface area contributed by atoms with E-state index in [4.69, 9.17) is 17.3 Å². The van der Waals surface area contributed by atoms with Crippen LogP contribution in [0.5, 0.6) is 0 Å². The second-order valence-corrected chi connectivity index (χ2v) is 5.09. The minimum Gasteiger partial charge on any atom is -0.355 e. The molecule has 0 saturated carbocycles. The number of halogens is 1. The summed E-state index contributed by atoms with van der Waals surface area (Å²) in [5.74, 6) is 0.898. The Kier molecular flexibility index (Phi) is 4.40. The fourth-order valence-electron chi connectivity index (χ4n) is 1.89. The third-order valence-corrected chi connectivity index (χ3v) is 3.42. The number of anilines is 1. The summed E-state index contributed by atoms with van der Waals surface area (Å²) >= 11 is 6.17. The first-order valence-corrected chi connectivity index (χ1v) is 6.62. The van der Waals surface area contributed by atoms with Gasteiger partial charge in [0.2, 0.25) is 0 Å². The molecule has 0 unspecified atom stereocenters. The smallest absolute Gasteiger partial charge is 0.128 e. The van der Waals surface area contributed by atoms with E-state index in [1.165, 1.54) is 0 Å². The summed E-state index contributed by atoms with van der Waals surface area (Å²) in [4.78, 5) is 6.44. The van der Waals surface area contributed by atoms with Gasteiger partial charge in [-0.25, -0.2) is 4.98 Å². The molecule has 1 aromatic carbocycles. The van der Waals surface area contributed by atoms with Gasteiger partial charge in [0.1, 0.15) is 5.82 Å². The maximum absolute atomic E-state index is 6.17. The van der Waals surface area contributed by atoms with Crippen LogP contribution in [0.1, 0.15) is 24.1 Å². The van der Waals surface area contributed by atoms with Crippen molar-refractivity contribution < 1.29 is 0 Å². The van der Waals surface area contributed by atoms with Gasteiger partial charge in [-0.2, -0.15) is 0 Å². The summed E-state index contributed by atoms with van der Waals surface area (Å²) in [5.41, 5.74) is 8.05. The lowest BCUT2D eigenvalue weighted by molar-refractivity contribution is 0.809. The Labute approximate surface area is 119 Å². The van der Waals surface area contributed by atoms with Crippen molar-refractivity contribution >= 4 is 17.4 Å². The SMILES string of the molecule is C[C@H](N)c1ccnc(N(C)Cc2ccccc2Cl)c1. The molecule has 4 heteroatoms. The molecule has 1 aromatic heterocycles. The molecule has 0 aliphatic rings. The molecule has 2 rings (SSSR count). The van der Waals surface area contributed by atoms with E-state index in [0.717, 1.165) is 28.5 Å². The maximum Gasteiger partial charge on any atom is 0.128 e. The first kappa shape index (κ1) is 13.8. The van der Waals surface area contributed by atoms with Gasteiger partial charge >= 0.3 is 0 Å². The quantitative estimate of drug-likeness (QED) is 0.930. The van der Waals surface area contributed by atoms with Crippen molar-refractivity contribution in [3.05, 3.63) is 58.7 Å². The summed E-state index contributed by atoms with van der Waals surface area (Å²) in [7, 11) is 2.00. The number of aromatic nitrogens is 1. The van der Waals surface area contributed by atoms with Crippen LogP contribution < -0.4 is 10.6 Å². The number of nitrogens with two attached hydrogens (primary N) is 1. The molecular formula is C15H18ClN3. The molecular weight excluding hydrogens is 258 g/mol. The minimum absolute atomic E-state index is 0.00969. The standard InChI is InChI=1S/C15H18ClN3/c1-11(17)12-7-8-18-15(9-12)19(2)10-13-5-3-4-6-14(13)16/h3-9,11H,10,17H2,1-2H3/t11-/m0/s1. The summed E-state index contributed by atoms with van der Waals surface area (Å²) in [6.45, 7) is 2.68. The third kappa shape index (κ3) is 3.46. The lowest BCUT2D eigenvalue weighted by atomic mass is 10.1. The van der Waals surface area contributed by atoms with Crippen molar-refractivity contribution in [3.8, 4) is 0 Å². The van der Waals surface area contributed by atoms with E-state index in [-0.39, 0.29) is 6.04 Å². The average molecular weight is 276 g/mol. The molecule has 0 amide bonds. The Bertz CT molecular complexity index is 555. The number of hydrogen-bond donors (Lipinski definition) is 1. The molecule has 1 atom stereocenters. The second kappa shape index (κ2) is 6.04. The van der Waals surface area contributed by atoms with Crippen LogP contribution in [0.25, 0.3) is 0 Å². The summed E-state index contributed by atoms with van der Waals surface area (Å²) < 4.78 is 0. The van der Waals surface area contributed by atoms with Crippen LogP contribution in [0.3, 0.4) is 0 Å². The monoisotopic (exact) mass is 275 g/mol. The minimum atomic E-state index is 0.00969. The molecule has 19 heavy (non-hydrogen) atoms. The van der Waals surface area contributed by atoms with Crippen LogP contribution in [0.2, 0.25) is 5.02 Å². The lowest BCUT2D eigenvalue weighted by Gasteiger charge is -2.20. The number of rotatable bonds is 4. The summed E-state index contributed by atoms with van der Waals surface area (Å²) in [5, 5.41) is 0.776. The van der Waals surface area contributed by atoms with Crippen molar-refractivity contribution in [2.24, 2.45) is 5.73 Å². The van der Waals surface area contributed by atoms with Gasteiger partial charge in [-0.15, -0.1) is 0 Å². The largest absolute Gasteiger partial charge is 0.355 e. The molecule has 0 radical (unpaired) electrons. The molecule has 0 bridgehead atoms. The second-order valence-electron chi connectivity index (χ2n) is 4.68. The third-order valence-electron chi connectivity index (χ3n) is 3.05. The van der Waals surface area contributed by atoms with Gasteiger partial charge in [0.15, 0.2) is 0 Å². The van der Waals surface area contributed by atoms with Crippen LogP contribution in [0, 0.1) is 0 Å². The van der Waals surface area contributed by atoms with Crippen molar-refractivity contribution in [1.82, 2.24) is 4.98 Å². The molecule has 0 fully saturated rings. The van der Waals surface area contributed by atoms with Crippen LogP contribution in [0.4, 0.5) is 5.82 Å². The van der Waals surface area contributed by atoms with Crippen molar-refractivity contribution in [2.45, 2.75) is 19.5 Å². The Balaban J connectivity index is 2.18. The summed E-state index contributed by atoms with van der Waals surface area (Å²) in [6.07, 6.45) is 1.79. The van der Waals surface area contributed by atoms with E-state index in [9.17, 15) is 0 Å². The van der Waals surface area contributed by atoms with Gasteiger partial charge in [-0.1, -0.05) is 29.8 Å². The highest BCUT2D eigenvalue weighted by atomic mass is 35.5. The van der Waals surface area contributed by atoms with E-state index < -0.39 is 0 Å². The van der Waals surface area contributed by atoms with E-state index >= 15 is 0 Å². The van der Waals surface area contributed by atoms with Crippen LogP contribution >= 0.6 is 11.6 Å². The van der Waals surface area contributed by atoms with E-state index in [0.29, 0.717) is 0 Å². The Morgan fingerprint density at radius 1 is 1.32 bits per heavy atom. The zero-order chi connectivity index (χ0) is 13.8. The highest BCUT2D eigenvalue weighted by Crippen LogP contribution is 2.21. The van der Waals surface area contributed by atoms with E-state index in [1.54, 1.807) is 6.20 Å². The van der Waals surface area contributed by atoms with Gasteiger partial charge in [0, 0.05) is 30.9 Å². The van der Waals surface area contributed by atoms with Gasteiger partial charge in [0.25, 0.3) is 0 Å². The van der Waals surface area contributed by atoms with Crippen molar-refractivity contribution in [3.63, 3.8) is 0 Å². The number of hydrogen-bond acceptors (Lipinski definition) is 3. The normalized spacial score (nSPS) is 12.2. The molecule has 0 saturated heterocycles. The molecule has 2 N–H and O–H groups in total. The van der Waals surface area contributed by atoms with Gasteiger partial charge < -0.3 is 10.6 Å². The lowest BCUT2D eigenvalue weighted by Crippen LogP contribution is -2.18. The molecule has 0 aliphatic heterocycles. The number of pyridine rings is 1. The zero-order valence-electron chi connectivity index (χ0n) is 11.2. The van der Waals surface area contributed by atoms with Crippen molar-refractivity contribution in [2.75, 3.05) is 11.9 Å².